The number of halogens is 1. The molecule has 2 aromatic rings. The maximum absolute atomic E-state index is 12.8. The molecule has 0 atom stereocenters. The van der Waals surface area contributed by atoms with Crippen LogP contribution in [0.15, 0.2) is 24.3 Å². The fraction of sp³-hybridized carbons (Fsp3) is 0.421. The number of carbonyl (C=O) groups excluding carboxylic acids is 1. The van der Waals surface area contributed by atoms with Crippen molar-refractivity contribution in [2.24, 2.45) is 5.92 Å². The molecule has 0 spiro atoms. The first kappa shape index (κ1) is 17.7. The fourth-order valence-electron chi connectivity index (χ4n) is 3.00. The Morgan fingerprint density at radius 1 is 1.20 bits per heavy atom. The van der Waals surface area contributed by atoms with Crippen molar-refractivity contribution in [1.82, 2.24) is 14.9 Å². The SMILES string of the molecule is Cc1cc(C(=O)N2CCC(C)CC2)nc(Nc2ccc(Cl)cc2C)n1. The van der Waals surface area contributed by atoms with E-state index in [2.05, 4.69) is 22.2 Å². The smallest absolute Gasteiger partial charge is 0.272 e. The summed E-state index contributed by atoms with van der Waals surface area (Å²) in [6.07, 6.45) is 2.09. The number of rotatable bonds is 3. The minimum absolute atomic E-state index is 0.0201. The van der Waals surface area contributed by atoms with Crippen LogP contribution < -0.4 is 5.32 Å². The standard InChI is InChI=1S/C19H23ClN4O/c1-12-6-8-24(9-7-12)18(25)17-11-14(3)21-19(23-17)22-16-5-4-15(20)10-13(16)2/h4-5,10-12H,6-9H2,1-3H3,(H,21,22,23). The number of anilines is 2. The van der Waals surface area contributed by atoms with Crippen LogP contribution >= 0.6 is 11.6 Å². The molecule has 0 saturated carbocycles. The molecule has 132 valence electrons. The zero-order valence-corrected chi connectivity index (χ0v) is 15.6. The van der Waals surface area contributed by atoms with E-state index in [1.807, 2.05) is 36.9 Å². The van der Waals surface area contributed by atoms with Crippen molar-refractivity contribution in [2.45, 2.75) is 33.6 Å². The van der Waals surface area contributed by atoms with Gasteiger partial charge in [0.25, 0.3) is 5.91 Å². The highest BCUT2D eigenvalue weighted by molar-refractivity contribution is 6.30. The number of nitrogens with zero attached hydrogens (tertiary/aromatic N) is 3. The highest BCUT2D eigenvalue weighted by Crippen LogP contribution is 2.23. The third-order valence-corrected chi connectivity index (χ3v) is 4.81. The first-order valence-electron chi connectivity index (χ1n) is 8.60. The number of hydrogen-bond donors (Lipinski definition) is 1. The van der Waals surface area contributed by atoms with Crippen LogP contribution in [0.3, 0.4) is 0 Å². The first-order valence-corrected chi connectivity index (χ1v) is 8.98. The van der Waals surface area contributed by atoms with Crippen molar-refractivity contribution in [3.05, 3.63) is 46.2 Å². The minimum Gasteiger partial charge on any atom is -0.337 e. The van der Waals surface area contributed by atoms with Crippen LogP contribution in [-0.4, -0.2) is 33.9 Å². The average molecular weight is 359 g/mol. The minimum atomic E-state index is -0.0201. The summed E-state index contributed by atoms with van der Waals surface area (Å²) in [5.41, 5.74) is 3.07. The molecule has 1 aromatic carbocycles. The molecule has 1 fully saturated rings. The lowest BCUT2D eigenvalue weighted by atomic mass is 9.99. The lowest BCUT2D eigenvalue weighted by Crippen LogP contribution is -2.38. The Morgan fingerprint density at radius 2 is 1.92 bits per heavy atom. The summed E-state index contributed by atoms with van der Waals surface area (Å²) in [5.74, 6) is 1.09. The molecule has 2 heterocycles. The van der Waals surface area contributed by atoms with Gasteiger partial charge in [-0.25, -0.2) is 9.97 Å². The zero-order chi connectivity index (χ0) is 18.0. The van der Waals surface area contributed by atoms with E-state index in [4.69, 9.17) is 11.6 Å². The van der Waals surface area contributed by atoms with Gasteiger partial charge in [-0.05, 0) is 62.4 Å². The highest BCUT2D eigenvalue weighted by atomic mass is 35.5. The molecule has 1 N–H and O–H groups in total. The van der Waals surface area contributed by atoms with Crippen LogP contribution in [0.4, 0.5) is 11.6 Å². The molecule has 0 bridgehead atoms. The molecule has 0 aliphatic carbocycles. The molecular weight excluding hydrogens is 336 g/mol. The van der Waals surface area contributed by atoms with E-state index in [1.54, 1.807) is 6.07 Å². The highest BCUT2D eigenvalue weighted by Gasteiger charge is 2.23. The van der Waals surface area contributed by atoms with Gasteiger partial charge in [0.1, 0.15) is 5.69 Å². The Morgan fingerprint density at radius 3 is 2.60 bits per heavy atom. The van der Waals surface area contributed by atoms with E-state index in [0.29, 0.717) is 22.6 Å². The van der Waals surface area contributed by atoms with Gasteiger partial charge in [0.2, 0.25) is 5.95 Å². The summed E-state index contributed by atoms with van der Waals surface area (Å²) in [5, 5.41) is 3.88. The van der Waals surface area contributed by atoms with Crippen molar-refractivity contribution < 1.29 is 4.79 Å². The molecule has 3 rings (SSSR count). The van der Waals surface area contributed by atoms with Crippen molar-refractivity contribution in [2.75, 3.05) is 18.4 Å². The molecule has 6 heteroatoms. The number of carbonyl (C=O) groups is 1. The van der Waals surface area contributed by atoms with E-state index in [9.17, 15) is 4.79 Å². The average Bonchev–Trinajstić information content (AvgIpc) is 2.57. The Kier molecular flexibility index (Phi) is 5.23. The first-order chi connectivity index (χ1) is 11.9. The van der Waals surface area contributed by atoms with E-state index in [-0.39, 0.29) is 5.91 Å². The monoisotopic (exact) mass is 358 g/mol. The lowest BCUT2D eigenvalue weighted by Gasteiger charge is -2.30. The fourth-order valence-corrected chi connectivity index (χ4v) is 3.22. The predicted molar refractivity (Wildman–Crippen MR) is 101 cm³/mol. The number of aromatic nitrogens is 2. The third kappa shape index (κ3) is 4.28. The second-order valence-electron chi connectivity index (χ2n) is 6.78. The van der Waals surface area contributed by atoms with Gasteiger partial charge in [0.05, 0.1) is 0 Å². The molecule has 25 heavy (non-hydrogen) atoms. The number of piperidine rings is 1. The van der Waals surface area contributed by atoms with E-state index in [0.717, 1.165) is 42.9 Å². The molecule has 0 unspecified atom stereocenters. The predicted octanol–water partition coefficient (Wildman–Crippen LogP) is 4.36. The van der Waals surface area contributed by atoms with Crippen molar-refractivity contribution >= 4 is 29.1 Å². The summed E-state index contributed by atoms with van der Waals surface area (Å²) in [6.45, 7) is 7.65. The summed E-state index contributed by atoms with van der Waals surface area (Å²) in [4.78, 5) is 23.5. The molecular formula is C19H23ClN4O. The summed E-state index contributed by atoms with van der Waals surface area (Å²) >= 11 is 6.00. The summed E-state index contributed by atoms with van der Waals surface area (Å²) < 4.78 is 0. The molecule has 1 saturated heterocycles. The number of amides is 1. The number of likely N-dealkylation sites (tertiary alicyclic amines) is 1. The third-order valence-electron chi connectivity index (χ3n) is 4.58. The van der Waals surface area contributed by atoms with Gasteiger partial charge in [-0.1, -0.05) is 18.5 Å². The Bertz CT molecular complexity index is 785. The van der Waals surface area contributed by atoms with Crippen LogP contribution in [0.25, 0.3) is 0 Å². The molecule has 1 aliphatic heterocycles. The summed E-state index contributed by atoms with van der Waals surface area (Å²) in [7, 11) is 0. The van der Waals surface area contributed by atoms with Gasteiger partial charge < -0.3 is 10.2 Å². The van der Waals surface area contributed by atoms with Gasteiger partial charge in [-0.2, -0.15) is 0 Å². The summed E-state index contributed by atoms with van der Waals surface area (Å²) in [6, 6.07) is 7.32. The van der Waals surface area contributed by atoms with Crippen molar-refractivity contribution in [3.63, 3.8) is 0 Å². The Hall–Kier alpha value is -2.14. The topological polar surface area (TPSA) is 58.1 Å². The van der Waals surface area contributed by atoms with Gasteiger partial charge in [-0.15, -0.1) is 0 Å². The Labute approximate surface area is 153 Å². The van der Waals surface area contributed by atoms with E-state index < -0.39 is 0 Å². The molecule has 5 nitrogen and oxygen atoms in total. The number of hydrogen-bond acceptors (Lipinski definition) is 4. The quantitative estimate of drug-likeness (QED) is 0.885. The number of benzene rings is 1. The van der Waals surface area contributed by atoms with Gasteiger partial charge >= 0.3 is 0 Å². The van der Waals surface area contributed by atoms with Gasteiger partial charge in [0, 0.05) is 29.5 Å². The van der Waals surface area contributed by atoms with Crippen LogP contribution in [0.1, 0.15) is 41.5 Å². The largest absolute Gasteiger partial charge is 0.337 e. The van der Waals surface area contributed by atoms with Crippen LogP contribution in [0.2, 0.25) is 5.02 Å². The molecule has 0 radical (unpaired) electrons. The zero-order valence-electron chi connectivity index (χ0n) is 14.8. The van der Waals surface area contributed by atoms with Gasteiger partial charge in [-0.3, -0.25) is 4.79 Å². The molecule has 1 aromatic heterocycles. The lowest BCUT2D eigenvalue weighted by molar-refractivity contribution is 0.0691. The van der Waals surface area contributed by atoms with Crippen molar-refractivity contribution in [3.8, 4) is 0 Å². The van der Waals surface area contributed by atoms with Crippen LogP contribution in [0.5, 0.6) is 0 Å². The van der Waals surface area contributed by atoms with E-state index in [1.165, 1.54) is 0 Å². The molecule has 1 amide bonds. The second kappa shape index (κ2) is 7.40. The molecule has 1 aliphatic rings. The van der Waals surface area contributed by atoms with Crippen LogP contribution in [-0.2, 0) is 0 Å². The van der Waals surface area contributed by atoms with Crippen LogP contribution in [0, 0.1) is 19.8 Å². The maximum Gasteiger partial charge on any atom is 0.272 e. The van der Waals surface area contributed by atoms with Gasteiger partial charge in [0.15, 0.2) is 0 Å². The normalized spacial score (nSPS) is 15.3. The van der Waals surface area contributed by atoms with Crippen molar-refractivity contribution in [1.29, 1.82) is 0 Å². The Balaban J connectivity index is 1.81. The number of nitrogens with one attached hydrogen (secondary N) is 1. The van der Waals surface area contributed by atoms with E-state index >= 15 is 0 Å². The maximum atomic E-state index is 12.8. The number of aryl methyl sites for hydroxylation is 2. The second-order valence-corrected chi connectivity index (χ2v) is 7.21.